The molecule has 2 heterocycles. The van der Waals surface area contributed by atoms with E-state index in [9.17, 15) is 4.79 Å². The van der Waals surface area contributed by atoms with E-state index in [2.05, 4.69) is 0 Å². The normalized spacial score (nSPS) is 25.7. The molecule has 2 aliphatic rings. The lowest BCUT2D eigenvalue weighted by molar-refractivity contribution is 0.0305. The first kappa shape index (κ1) is 12.6. The van der Waals surface area contributed by atoms with Crippen LogP contribution in [-0.4, -0.2) is 68.9 Å². The standard InChI is InChI=1S/C12H22N2O3/c1-13(9-11-3-2-6-17-10-11)12(15)14-4-7-16-8-5-14/h11H,2-10H2,1H3. The lowest BCUT2D eigenvalue weighted by Crippen LogP contribution is -2.48. The third-order valence-corrected chi connectivity index (χ3v) is 3.39. The number of nitrogens with zero attached hydrogens (tertiary/aromatic N) is 2. The van der Waals surface area contributed by atoms with Crippen molar-refractivity contribution in [1.29, 1.82) is 0 Å². The topological polar surface area (TPSA) is 42.0 Å². The Morgan fingerprint density at radius 2 is 2.06 bits per heavy atom. The van der Waals surface area contributed by atoms with Gasteiger partial charge in [-0.1, -0.05) is 0 Å². The Bertz CT molecular complexity index is 248. The van der Waals surface area contributed by atoms with Crippen molar-refractivity contribution in [2.45, 2.75) is 12.8 Å². The summed E-state index contributed by atoms with van der Waals surface area (Å²) in [6, 6.07) is 0.124. The lowest BCUT2D eigenvalue weighted by atomic mass is 10.0. The summed E-state index contributed by atoms with van der Waals surface area (Å²) in [4.78, 5) is 15.8. The quantitative estimate of drug-likeness (QED) is 0.719. The first-order valence-electron chi connectivity index (χ1n) is 6.43. The van der Waals surface area contributed by atoms with E-state index in [1.807, 2.05) is 16.8 Å². The van der Waals surface area contributed by atoms with Gasteiger partial charge >= 0.3 is 6.03 Å². The van der Waals surface area contributed by atoms with Gasteiger partial charge in [-0.3, -0.25) is 0 Å². The Morgan fingerprint density at radius 1 is 1.29 bits per heavy atom. The molecule has 2 amide bonds. The van der Waals surface area contributed by atoms with Gasteiger partial charge in [0.2, 0.25) is 0 Å². The molecule has 5 nitrogen and oxygen atoms in total. The van der Waals surface area contributed by atoms with Gasteiger partial charge < -0.3 is 19.3 Å². The molecule has 0 bridgehead atoms. The van der Waals surface area contributed by atoms with Gasteiger partial charge in [0.25, 0.3) is 0 Å². The van der Waals surface area contributed by atoms with Crippen LogP contribution in [0.5, 0.6) is 0 Å². The van der Waals surface area contributed by atoms with Crippen LogP contribution in [0.25, 0.3) is 0 Å². The summed E-state index contributed by atoms with van der Waals surface area (Å²) in [6.45, 7) is 5.21. The van der Waals surface area contributed by atoms with Gasteiger partial charge in [0, 0.05) is 39.2 Å². The molecule has 1 atom stereocenters. The SMILES string of the molecule is CN(CC1CCCOC1)C(=O)N1CCOCC1. The molecule has 98 valence electrons. The maximum absolute atomic E-state index is 12.1. The number of urea groups is 1. The van der Waals surface area contributed by atoms with Gasteiger partial charge in [-0.05, 0) is 12.8 Å². The maximum atomic E-state index is 12.1. The second-order valence-electron chi connectivity index (χ2n) is 4.85. The molecule has 5 heteroatoms. The average molecular weight is 242 g/mol. The van der Waals surface area contributed by atoms with Crippen molar-refractivity contribution < 1.29 is 14.3 Å². The van der Waals surface area contributed by atoms with Crippen LogP contribution in [-0.2, 0) is 9.47 Å². The zero-order chi connectivity index (χ0) is 12.1. The van der Waals surface area contributed by atoms with Crippen molar-refractivity contribution in [3.8, 4) is 0 Å². The molecule has 0 aromatic heterocycles. The minimum Gasteiger partial charge on any atom is -0.381 e. The predicted molar refractivity (Wildman–Crippen MR) is 64.0 cm³/mol. The monoisotopic (exact) mass is 242 g/mol. The molecule has 2 fully saturated rings. The van der Waals surface area contributed by atoms with Crippen molar-refractivity contribution in [2.24, 2.45) is 5.92 Å². The average Bonchev–Trinajstić information content (AvgIpc) is 2.40. The van der Waals surface area contributed by atoms with Gasteiger partial charge in [-0.25, -0.2) is 4.79 Å². The fourth-order valence-corrected chi connectivity index (χ4v) is 2.41. The molecule has 2 rings (SSSR count). The van der Waals surface area contributed by atoms with Crippen molar-refractivity contribution in [3.63, 3.8) is 0 Å². The molecule has 2 aliphatic heterocycles. The fraction of sp³-hybridized carbons (Fsp3) is 0.917. The second kappa shape index (κ2) is 6.21. The van der Waals surface area contributed by atoms with Crippen molar-refractivity contribution in [3.05, 3.63) is 0 Å². The summed E-state index contributed by atoms with van der Waals surface area (Å²) >= 11 is 0. The van der Waals surface area contributed by atoms with Crippen LogP contribution in [0, 0.1) is 5.92 Å². The summed E-state index contributed by atoms with van der Waals surface area (Å²) in [5.41, 5.74) is 0. The number of hydrogen-bond acceptors (Lipinski definition) is 3. The van der Waals surface area contributed by atoms with E-state index in [1.165, 1.54) is 6.42 Å². The number of ether oxygens (including phenoxy) is 2. The molecule has 2 saturated heterocycles. The van der Waals surface area contributed by atoms with E-state index < -0.39 is 0 Å². The van der Waals surface area contributed by atoms with Crippen molar-refractivity contribution >= 4 is 6.03 Å². The van der Waals surface area contributed by atoms with Crippen LogP contribution in [0.3, 0.4) is 0 Å². The molecule has 17 heavy (non-hydrogen) atoms. The van der Waals surface area contributed by atoms with Crippen LogP contribution in [0.2, 0.25) is 0 Å². The third kappa shape index (κ3) is 3.57. The largest absolute Gasteiger partial charge is 0.381 e. The van der Waals surface area contributed by atoms with Gasteiger partial charge in [0.15, 0.2) is 0 Å². The van der Waals surface area contributed by atoms with Gasteiger partial charge in [0.1, 0.15) is 0 Å². The number of morpholine rings is 1. The fourth-order valence-electron chi connectivity index (χ4n) is 2.41. The Labute approximate surface area is 103 Å². The number of carbonyl (C=O) groups is 1. The highest BCUT2D eigenvalue weighted by Crippen LogP contribution is 2.15. The lowest BCUT2D eigenvalue weighted by Gasteiger charge is -2.33. The summed E-state index contributed by atoms with van der Waals surface area (Å²) < 4.78 is 10.7. The number of rotatable bonds is 2. The highest BCUT2D eigenvalue weighted by molar-refractivity contribution is 5.74. The molecule has 0 N–H and O–H groups in total. The summed E-state index contributed by atoms with van der Waals surface area (Å²) in [5, 5.41) is 0. The van der Waals surface area contributed by atoms with E-state index in [-0.39, 0.29) is 6.03 Å². The van der Waals surface area contributed by atoms with Crippen LogP contribution in [0.4, 0.5) is 4.79 Å². The number of carbonyl (C=O) groups excluding carboxylic acids is 1. The first-order valence-corrected chi connectivity index (χ1v) is 6.43. The second-order valence-corrected chi connectivity index (χ2v) is 4.85. The highest BCUT2D eigenvalue weighted by Gasteiger charge is 2.23. The van der Waals surface area contributed by atoms with Crippen LogP contribution in [0.1, 0.15) is 12.8 Å². The van der Waals surface area contributed by atoms with Crippen LogP contribution >= 0.6 is 0 Å². The molecule has 0 spiro atoms. The van der Waals surface area contributed by atoms with E-state index in [4.69, 9.17) is 9.47 Å². The Balaban J connectivity index is 1.77. The molecule has 1 unspecified atom stereocenters. The summed E-state index contributed by atoms with van der Waals surface area (Å²) in [5.74, 6) is 0.499. The molecule has 0 radical (unpaired) electrons. The van der Waals surface area contributed by atoms with E-state index in [0.717, 1.165) is 26.2 Å². The summed E-state index contributed by atoms with van der Waals surface area (Å²) in [6.07, 6.45) is 2.28. The Hall–Kier alpha value is -0.810. The maximum Gasteiger partial charge on any atom is 0.319 e. The van der Waals surface area contributed by atoms with Gasteiger partial charge in [-0.15, -0.1) is 0 Å². The van der Waals surface area contributed by atoms with Gasteiger partial charge in [-0.2, -0.15) is 0 Å². The third-order valence-electron chi connectivity index (χ3n) is 3.39. The molecule has 0 aromatic rings. The predicted octanol–water partition coefficient (Wildman–Crippen LogP) is 0.797. The zero-order valence-corrected chi connectivity index (χ0v) is 10.6. The molecule has 0 aliphatic carbocycles. The molecule has 0 saturated carbocycles. The first-order chi connectivity index (χ1) is 8.27. The van der Waals surface area contributed by atoms with E-state index in [1.54, 1.807) is 0 Å². The zero-order valence-electron chi connectivity index (χ0n) is 10.6. The Kier molecular flexibility index (Phi) is 4.62. The van der Waals surface area contributed by atoms with Crippen molar-refractivity contribution in [2.75, 3.05) is 53.1 Å². The highest BCUT2D eigenvalue weighted by atomic mass is 16.5. The Morgan fingerprint density at radius 3 is 2.71 bits per heavy atom. The smallest absolute Gasteiger partial charge is 0.319 e. The van der Waals surface area contributed by atoms with Gasteiger partial charge in [0.05, 0.1) is 19.8 Å². The number of hydrogen-bond donors (Lipinski definition) is 0. The van der Waals surface area contributed by atoms with E-state index >= 15 is 0 Å². The summed E-state index contributed by atoms with van der Waals surface area (Å²) in [7, 11) is 1.88. The number of amides is 2. The molecule has 0 aromatic carbocycles. The molecular formula is C12H22N2O3. The minimum atomic E-state index is 0.124. The van der Waals surface area contributed by atoms with Crippen LogP contribution in [0.15, 0.2) is 0 Å². The minimum absolute atomic E-state index is 0.124. The molecular weight excluding hydrogens is 220 g/mol. The van der Waals surface area contributed by atoms with E-state index in [0.29, 0.717) is 32.2 Å². The van der Waals surface area contributed by atoms with Crippen molar-refractivity contribution in [1.82, 2.24) is 9.80 Å². The van der Waals surface area contributed by atoms with Crippen LogP contribution < -0.4 is 0 Å².